The van der Waals surface area contributed by atoms with Gasteiger partial charge in [-0.2, -0.15) is 4.80 Å². The lowest BCUT2D eigenvalue weighted by Crippen LogP contribution is -2.04. The van der Waals surface area contributed by atoms with E-state index in [0.717, 1.165) is 11.3 Å². The molecule has 4 rings (SSSR count). The van der Waals surface area contributed by atoms with E-state index in [4.69, 9.17) is 4.42 Å². The molecule has 26 heavy (non-hydrogen) atoms. The van der Waals surface area contributed by atoms with Gasteiger partial charge in [0.05, 0.1) is 0 Å². The van der Waals surface area contributed by atoms with Gasteiger partial charge in [0.1, 0.15) is 6.54 Å². The lowest BCUT2D eigenvalue weighted by Gasteiger charge is -2.04. The molecule has 0 unspecified atom stereocenters. The quantitative estimate of drug-likeness (QED) is 0.586. The first-order chi connectivity index (χ1) is 12.7. The van der Waals surface area contributed by atoms with Crippen molar-refractivity contribution in [3.8, 4) is 11.4 Å². The number of hydrogen-bond acceptors (Lipinski definition) is 8. The van der Waals surface area contributed by atoms with Gasteiger partial charge >= 0.3 is 6.01 Å². The van der Waals surface area contributed by atoms with Crippen LogP contribution in [-0.2, 0) is 6.54 Å². The summed E-state index contributed by atoms with van der Waals surface area (Å²) in [6, 6.07) is 10.0. The Morgan fingerprint density at radius 3 is 2.81 bits per heavy atom. The van der Waals surface area contributed by atoms with Crippen molar-refractivity contribution in [3.63, 3.8) is 0 Å². The Morgan fingerprint density at radius 1 is 1.08 bits per heavy atom. The van der Waals surface area contributed by atoms with Gasteiger partial charge in [0.25, 0.3) is 0 Å². The second kappa shape index (κ2) is 6.71. The molecule has 0 fully saturated rings. The van der Waals surface area contributed by atoms with Crippen LogP contribution in [0.3, 0.4) is 0 Å². The van der Waals surface area contributed by atoms with Gasteiger partial charge < -0.3 is 9.73 Å². The second-order valence-electron chi connectivity index (χ2n) is 5.81. The van der Waals surface area contributed by atoms with Crippen molar-refractivity contribution in [2.45, 2.75) is 20.4 Å². The van der Waals surface area contributed by atoms with E-state index in [0.29, 0.717) is 17.7 Å². The van der Waals surface area contributed by atoms with Crippen molar-refractivity contribution >= 4 is 11.7 Å². The minimum atomic E-state index is 0.231. The molecule has 1 aromatic carbocycles. The van der Waals surface area contributed by atoms with E-state index in [1.54, 1.807) is 12.4 Å². The Hall–Kier alpha value is -3.62. The first kappa shape index (κ1) is 15.9. The SMILES string of the molecule is Cc1ccc(Nc2nnc(Cn3nnc(-c4cccnc4)n3)o2)cc1C. The van der Waals surface area contributed by atoms with E-state index in [1.165, 1.54) is 15.9 Å². The van der Waals surface area contributed by atoms with Crippen LogP contribution in [0.2, 0.25) is 0 Å². The lowest BCUT2D eigenvalue weighted by atomic mass is 10.1. The zero-order valence-electron chi connectivity index (χ0n) is 14.3. The van der Waals surface area contributed by atoms with Crippen LogP contribution in [0.15, 0.2) is 47.1 Å². The van der Waals surface area contributed by atoms with Crippen LogP contribution in [0, 0.1) is 13.8 Å². The van der Waals surface area contributed by atoms with Crippen LogP contribution in [0.5, 0.6) is 0 Å². The summed E-state index contributed by atoms with van der Waals surface area (Å²) in [5.41, 5.74) is 4.09. The summed E-state index contributed by atoms with van der Waals surface area (Å²) in [5, 5.41) is 23.4. The zero-order chi connectivity index (χ0) is 17.9. The normalized spacial score (nSPS) is 10.8. The number of rotatable bonds is 5. The standard InChI is InChI=1S/C17H16N8O/c1-11-5-6-14(8-12(11)2)19-17-22-20-15(26-17)10-25-23-16(21-24-25)13-4-3-7-18-9-13/h3-9H,10H2,1-2H3,(H,19,22). The topological polar surface area (TPSA) is 107 Å². The lowest BCUT2D eigenvalue weighted by molar-refractivity contribution is 0.448. The van der Waals surface area contributed by atoms with Gasteiger partial charge in [-0.3, -0.25) is 4.98 Å². The third kappa shape index (κ3) is 3.41. The molecular weight excluding hydrogens is 332 g/mol. The predicted molar refractivity (Wildman–Crippen MR) is 93.6 cm³/mol. The smallest absolute Gasteiger partial charge is 0.320 e. The summed E-state index contributed by atoms with van der Waals surface area (Å²) < 4.78 is 5.60. The van der Waals surface area contributed by atoms with Gasteiger partial charge in [-0.15, -0.1) is 15.3 Å². The minimum absolute atomic E-state index is 0.231. The van der Waals surface area contributed by atoms with Crippen LogP contribution in [0.1, 0.15) is 17.0 Å². The third-order valence-corrected chi connectivity index (χ3v) is 3.87. The Morgan fingerprint density at radius 2 is 2.00 bits per heavy atom. The van der Waals surface area contributed by atoms with E-state index in [9.17, 15) is 0 Å². The molecule has 130 valence electrons. The number of nitrogens with zero attached hydrogens (tertiary/aromatic N) is 7. The second-order valence-corrected chi connectivity index (χ2v) is 5.81. The molecule has 0 aliphatic carbocycles. The average molecular weight is 348 g/mol. The summed E-state index contributed by atoms with van der Waals surface area (Å²) in [6.45, 7) is 4.35. The molecule has 0 bridgehead atoms. The van der Waals surface area contributed by atoms with Crippen LogP contribution in [-0.4, -0.2) is 35.4 Å². The van der Waals surface area contributed by atoms with Crippen molar-refractivity contribution in [2.24, 2.45) is 0 Å². The fraction of sp³-hybridized carbons (Fsp3) is 0.176. The highest BCUT2D eigenvalue weighted by atomic mass is 16.4. The molecule has 3 aromatic heterocycles. The predicted octanol–water partition coefficient (Wildman–Crippen LogP) is 2.53. The highest BCUT2D eigenvalue weighted by molar-refractivity contribution is 5.54. The monoisotopic (exact) mass is 348 g/mol. The van der Waals surface area contributed by atoms with Crippen LogP contribution < -0.4 is 5.32 Å². The van der Waals surface area contributed by atoms with E-state index in [2.05, 4.69) is 49.8 Å². The van der Waals surface area contributed by atoms with E-state index in [-0.39, 0.29) is 6.54 Å². The van der Waals surface area contributed by atoms with Gasteiger partial charge in [-0.05, 0) is 54.5 Å². The summed E-state index contributed by atoms with van der Waals surface area (Å²) in [6.07, 6.45) is 3.37. The maximum Gasteiger partial charge on any atom is 0.320 e. The van der Waals surface area contributed by atoms with Gasteiger partial charge in [0.15, 0.2) is 0 Å². The van der Waals surface area contributed by atoms with Crippen molar-refractivity contribution in [2.75, 3.05) is 5.32 Å². The number of aromatic nitrogens is 7. The van der Waals surface area contributed by atoms with Gasteiger partial charge in [0, 0.05) is 23.6 Å². The highest BCUT2D eigenvalue weighted by Gasteiger charge is 2.11. The summed E-state index contributed by atoms with van der Waals surface area (Å²) in [7, 11) is 0. The maximum absolute atomic E-state index is 5.60. The molecule has 9 nitrogen and oxygen atoms in total. The molecule has 0 atom stereocenters. The Labute approximate surface area is 149 Å². The minimum Gasteiger partial charge on any atom is -0.406 e. The van der Waals surface area contributed by atoms with E-state index in [1.807, 2.05) is 30.3 Å². The third-order valence-electron chi connectivity index (χ3n) is 3.87. The molecule has 4 aromatic rings. The Bertz CT molecular complexity index is 1020. The van der Waals surface area contributed by atoms with Crippen molar-refractivity contribution in [1.82, 2.24) is 35.4 Å². The van der Waals surface area contributed by atoms with Crippen molar-refractivity contribution in [1.29, 1.82) is 0 Å². The molecule has 9 heteroatoms. The molecule has 0 aliphatic rings. The molecule has 0 radical (unpaired) electrons. The average Bonchev–Trinajstić information content (AvgIpc) is 3.29. The van der Waals surface area contributed by atoms with Crippen molar-refractivity contribution < 1.29 is 4.42 Å². The zero-order valence-corrected chi connectivity index (χ0v) is 14.3. The molecule has 0 saturated heterocycles. The maximum atomic E-state index is 5.60. The highest BCUT2D eigenvalue weighted by Crippen LogP contribution is 2.19. The fourth-order valence-electron chi connectivity index (χ4n) is 2.35. The number of aryl methyl sites for hydroxylation is 2. The molecule has 0 spiro atoms. The Balaban J connectivity index is 1.45. The number of hydrogen-bond donors (Lipinski definition) is 1. The first-order valence-corrected chi connectivity index (χ1v) is 8.02. The Kier molecular flexibility index (Phi) is 4.10. The number of pyridine rings is 1. The molecule has 0 amide bonds. The molecule has 0 aliphatic heterocycles. The summed E-state index contributed by atoms with van der Waals surface area (Å²) >= 11 is 0. The van der Waals surface area contributed by atoms with E-state index >= 15 is 0 Å². The van der Waals surface area contributed by atoms with Crippen LogP contribution in [0.25, 0.3) is 11.4 Å². The van der Waals surface area contributed by atoms with Crippen LogP contribution >= 0.6 is 0 Å². The van der Waals surface area contributed by atoms with E-state index < -0.39 is 0 Å². The summed E-state index contributed by atoms with van der Waals surface area (Å²) in [4.78, 5) is 5.44. The van der Waals surface area contributed by atoms with Gasteiger partial charge in [0.2, 0.25) is 11.7 Å². The number of benzene rings is 1. The largest absolute Gasteiger partial charge is 0.406 e. The van der Waals surface area contributed by atoms with Crippen molar-refractivity contribution in [3.05, 3.63) is 59.7 Å². The van der Waals surface area contributed by atoms with Crippen LogP contribution in [0.4, 0.5) is 11.7 Å². The number of anilines is 2. The summed E-state index contributed by atoms with van der Waals surface area (Å²) in [5.74, 6) is 0.873. The van der Waals surface area contributed by atoms with Gasteiger partial charge in [-0.1, -0.05) is 11.2 Å². The molecular formula is C17H16N8O. The molecule has 0 saturated carbocycles. The van der Waals surface area contributed by atoms with Gasteiger partial charge in [-0.25, -0.2) is 0 Å². The first-order valence-electron chi connectivity index (χ1n) is 8.02. The fourth-order valence-corrected chi connectivity index (χ4v) is 2.35. The number of nitrogens with one attached hydrogen (secondary N) is 1. The molecule has 1 N–H and O–H groups in total. The molecule has 3 heterocycles. The number of tetrazole rings is 1.